The fraction of sp³-hybridized carbons (Fsp3) is 0.600. The van der Waals surface area contributed by atoms with Crippen molar-refractivity contribution in [2.75, 3.05) is 5.73 Å². The topological polar surface area (TPSA) is 51.8 Å². The minimum absolute atomic E-state index is 0.207. The fourth-order valence-electron chi connectivity index (χ4n) is 2.29. The minimum atomic E-state index is 0.207. The third kappa shape index (κ3) is 1.19. The van der Waals surface area contributed by atoms with Crippen molar-refractivity contribution in [3.05, 3.63) is 17.3 Å². The number of nitrogens with two attached hydrogens (primary N) is 1. The molecule has 0 amide bonds. The molecular formula is C10H15N3. The maximum absolute atomic E-state index is 5.62. The first kappa shape index (κ1) is 8.48. The number of anilines is 1. The van der Waals surface area contributed by atoms with Crippen molar-refractivity contribution in [2.45, 2.75) is 38.5 Å². The number of aromatic nitrogens is 2. The number of hydrogen-bond acceptors (Lipinski definition) is 3. The third-order valence-electron chi connectivity index (χ3n) is 2.85. The molecule has 1 aliphatic carbocycles. The Balaban J connectivity index is 2.60. The second kappa shape index (κ2) is 2.44. The van der Waals surface area contributed by atoms with Gasteiger partial charge in [0, 0.05) is 5.92 Å². The van der Waals surface area contributed by atoms with Crippen LogP contribution in [0.25, 0.3) is 0 Å². The lowest BCUT2D eigenvalue weighted by atomic mass is 9.86. The van der Waals surface area contributed by atoms with E-state index >= 15 is 0 Å². The molecule has 0 aromatic carbocycles. The molecule has 0 fully saturated rings. The van der Waals surface area contributed by atoms with Crippen LogP contribution in [0.5, 0.6) is 0 Å². The summed E-state index contributed by atoms with van der Waals surface area (Å²) >= 11 is 0. The van der Waals surface area contributed by atoms with Gasteiger partial charge in [0.25, 0.3) is 0 Å². The van der Waals surface area contributed by atoms with Crippen LogP contribution in [0.2, 0.25) is 0 Å². The maximum Gasteiger partial charge on any atom is 0.146 e. The second-order valence-corrected chi connectivity index (χ2v) is 4.56. The van der Waals surface area contributed by atoms with Gasteiger partial charge in [0.15, 0.2) is 0 Å². The molecule has 1 aromatic rings. The van der Waals surface area contributed by atoms with Gasteiger partial charge in [0.05, 0.1) is 5.69 Å². The molecule has 3 nitrogen and oxygen atoms in total. The van der Waals surface area contributed by atoms with Gasteiger partial charge in [-0.05, 0) is 23.5 Å². The van der Waals surface area contributed by atoms with Crippen LogP contribution in [0.1, 0.15) is 44.4 Å². The number of hydrogen-bond donors (Lipinski definition) is 1. The molecule has 1 heterocycles. The Kier molecular flexibility index (Phi) is 1.59. The molecule has 0 saturated carbocycles. The van der Waals surface area contributed by atoms with Crippen molar-refractivity contribution < 1.29 is 0 Å². The molecule has 0 aliphatic heterocycles. The van der Waals surface area contributed by atoms with Crippen LogP contribution >= 0.6 is 0 Å². The Bertz CT molecular complexity index is 344. The summed E-state index contributed by atoms with van der Waals surface area (Å²) in [5, 5.41) is 8.05. The molecule has 0 saturated heterocycles. The summed E-state index contributed by atoms with van der Waals surface area (Å²) in [5.74, 6) is 1.04. The molecule has 2 rings (SSSR count). The molecule has 1 aliphatic rings. The van der Waals surface area contributed by atoms with Crippen molar-refractivity contribution in [3.8, 4) is 0 Å². The van der Waals surface area contributed by atoms with E-state index in [4.69, 9.17) is 5.73 Å². The molecule has 0 bridgehead atoms. The fourth-order valence-corrected chi connectivity index (χ4v) is 2.29. The average molecular weight is 177 g/mol. The van der Waals surface area contributed by atoms with Crippen LogP contribution in [-0.2, 0) is 5.41 Å². The first-order chi connectivity index (χ1) is 6.00. The van der Waals surface area contributed by atoms with E-state index in [1.807, 2.05) is 6.07 Å². The highest BCUT2D eigenvalue weighted by atomic mass is 15.1. The van der Waals surface area contributed by atoms with Crippen LogP contribution in [0, 0.1) is 0 Å². The molecular weight excluding hydrogens is 162 g/mol. The van der Waals surface area contributed by atoms with Crippen LogP contribution in [-0.4, -0.2) is 10.2 Å². The van der Waals surface area contributed by atoms with Gasteiger partial charge in [0.1, 0.15) is 5.82 Å². The highest BCUT2D eigenvalue weighted by molar-refractivity contribution is 5.42. The average Bonchev–Trinajstić information content (AvgIpc) is 2.23. The summed E-state index contributed by atoms with van der Waals surface area (Å²) in [5.41, 5.74) is 8.23. The largest absolute Gasteiger partial charge is 0.382 e. The molecule has 1 atom stereocenters. The molecule has 1 unspecified atom stereocenters. The quantitative estimate of drug-likeness (QED) is 0.658. The number of nitrogens with zero attached hydrogens (tertiary/aromatic N) is 2. The molecule has 0 spiro atoms. The summed E-state index contributed by atoms with van der Waals surface area (Å²) in [7, 11) is 0. The van der Waals surface area contributed by atoms with Gasteiger partial charge in [-0.15, -0.1) is 5.10 Å². The van der Waals surface area contributed by atoms with Gasteiger partial charge in [-0.2, -0.15) is 5.10 Å². The van der Waals surface area contributed by atoms with E-state index in [1.54, 1.807) is 0 Å². The third-order valence-corrected chi connectivity index (χ3v) is 2.85. The zero-order valence-electron chi connectivity index (χ0n) is 8.33. The Hall–Kier alpha value is -1.12. The monoisotopic (exact) mass is 177 g/mol. The predicted octanol–water partition coefficient (Wildman–Crippen LogP) is 1.84. The molecule has 3 heteroatoms. The molecule has 70 valence electrons. The van der Waals surface area contributed by atoms with E-state index in [9.17, 15) is 0 Å². The molecule has 13 heavy (non-hydrogen) atoms. The van der Waals surface area contributed by atoms with Crippen molar-refractivity contribution in [1.29, 1.82) is 0 Å². The van der Waals surface area contributed by atoms with Crippen molar-refractivity contribution in [2.24, 2.45) is 0 Å². The normalized spacial score (nSPS) is 24.4. The van der Waals surface area contributed by atoms with E-state index in [2.05, 4.69) is 31.0 Å². The summed E-state index contributed by atoms with van der Waals surface area (Å²) < 4.78 is 0. The smallest absolute Gasteiger partial charge is 0.146 e. The molecule has 1 aromatic heterocycles. The molecule has 2 N–H and O–H groups in total. The number of fused-ring (bicyclic) bond motifs is 1. The lowest BCUT2D eigenvalue weighted by Crippen LogP contribution is -2.13. The summed E-state index contributed by atoms with van der Waals surface area (Å²) in [4.78, 5) is 0. The zero-order valence-corrected chi connectivity index (χ0v) is 8.33. The second-order valence-electron chi connectivity index (χ2n) is 4.56. The number of nitrogen functional groups attached to an aromatic ring is 1. The summed E-state index contributed by atoms with van der Waals surface area (Å²) in [6.07, 6.45) is 1.14. The Morgan fingerprint density at radius 3 is 2.85 bits per heavy atom. The summed E-state index contributed by atoms with van der Waals surface area (Å²) in [6, 6.07) is 1.96. The summed E-state index contributed by atoms with van der Waals surface area (Å²) in [6.45, 7) is 6.66. The standard InChI is InChI=1S/C10H15N3/c1-6-5-10(2,3)7-4-8(11)12-13-9(6)7/h4,6H,5H2,1-3H3,(H2,11,12). The van der Waals surface area contributed by atoms with E-state index in [1.165, 1.54) is 5.56 Å². The highest BCUT2D eigenvalue weighted by Gasteiger charge is 2.36. The Morgan fingerprint density at radius 2 is 2.15 bits per heavy atom. The van der Waals surface area contributed by atoms with Gasteiger partial charge >= 0.3 is 0 Å². The van der Waals surface area contributed by atoms with E-state index < -0.39 is 0 Å². The Morgan fingerprint density at radius 1 is 1.46 bits per heavy atom. The van der Waals surface area contributed by atoms with Crippen molar-refractivity contribution in [1.82, 2.24) is 10.2 Å². The maximum atomic E-state index is 5.62. The van der Waals surface area contributed by atoms with Crippen LogP contribution in [0.3, 0.4) is 0 Å². The highest BCUT2D eigenvalue weighted by Crippen LogP contribution is 2.44. The SMILES string of the molecule is CC1CC(C)(C)c2cc(N)nnc21. The van der Waals surface area contributed by atoms with Crippen LogP contribution in [0.15, 0.2) is 6.07 Å². The Labute approximate surface area is 78.4 Å². The van der Waals surface area contributed by atoms with Crippen LogP contribution < -0.4 is 5.73 Å². The first-order valence-corrected chi connectivity index (χ1v) is 4.64. The lowest BCUT2D eigenvalue weighted by molar-refractivity contribution is 0.488. The van der Waals surface area contributed by atoms with Gasteiger partial charge < -0.3 is 5.73 Å². The van der Waals surface area contributed by atoms with Crippen LogP contribution in [0.4, 0.5) is 5.82 Å². The van der Waals surface area contributed by atoms with E-state index in [-0.39, 0.29) is 5.41 Å². The van der Waals surface area contributed by atoms with Gasteiger partial charge in [-0.3, -0.25) is 0 Å². The van der Waals surface area contributed by atoms with Crippen molar-refractivity contribution in [3.63, 3.8) is 0 Å². The van der Waals surface area contributed by atoms with Gasteiger partial charge in [0.2, 0.25) is 0 Å². The van der Waals surface area contributed by atoms with Gasteiger partial charge in [-0.25, -0.2) is 0 Å². The lowest BCUT2D eigenvalue weighted by Gasteiger charge is -2.18. The zero-order chi connectivity index (χ0) is 9.64. The van der Waals surface area contributed by atoms with E-state index in [0.717, 1.165) is 12.1 Å². The molecule has 0 radical (unpaired) electrons. The number of rotatable bonds is 0. The van der Waals surface area contributed by atoms with Gasteiger partial charge in [-0.1, -0.05) is 20.8 Å². The first-order valence-electron chi connectivity index (χ1n) is 4.64. The van der Waals surface area contributed by atoms with Crippen molar-refractivity contribution >= 4 is 5.82 Å². The predicted molar refractivity (Wildman–Crippen MR) is 52.5 cm³/mol. The minimum Gasteiger partial charge on any atom is -0.382 e. The van der Waals surface area contributed by atoms with E-state index in [0.29, 0.717) is 11.7 Å².